The van der Waals surface area contributed by atoms with Crippen LogP contribution in [0.25, 0.3) is 0 Å². The number of carbonyl (C=O) groups is 1. The largest absolute Gasteiger partial charge is 0.273 e. The third-order valence-electron chi connectivity index (χ3n) is 1.95. The van der Waals surface area contributed by atoms with Gasteiger partial charge < -0.3 is 0 Å². The van der Waals surface area contributed by atoms with Gasteiger partial charge in [0.2, 0.25) is 5.91 Å². The fourth-order valence-corrected chi connectivity index (χ4v) is 1.16. The number of hydrogen-bond donors (Lipinski definition) is 1. The minimum atomic E-state index is -0.345. The lowest BCUT2D eigenvalue weighted by Crippen LogP contribution is -2.33. The fraction of sp³-hybridized carbons (Fsp3) is 0.462. The summed E-state index contributed by atoms with van der Waals surface area (Å²) in [4.78, 5) is 16.6. The fourth-order valence-electron chi connectivity index (χ4n) is 1.16. The smallest absolute Gasteiger partial charge is 0.243 e. The average Bonchev–Trinajstić information content (AvgIpc) is 2.24. The first-order chi connectivity index (χ1) is 7.47. The second-order valence-electron chi connectivity index (χ2n) is 4.73. The summed E-state index contributed by atoms with van der Waals surface area (Å²) in [5.74, 6) is -0.0845. The van der Waals surface area contributed by atoms with Crippen LogP contribution in [-0.2, 0) is 16.1 Å². The van der Waals surface area contributed by atoms with Crippen LogP contribution < -0.4 is 5.48 Å². The number of rotatable bonds is 4. The molecule has 0 saturated heterocycles. The van der Waals surface area contributed by atoms with Crippen molar-refractivity contribution in [2.45, 2.75) is 39.2 Å². The minimum absolute atomic E-state index is 0.0845. The molecule has 0 bridgehead atoms. The molecule has 88 valence electrons. The molecule has 0 fully saturated rings. The van der Waals surface area contributed by atoms with E-state index in [2.05, 4.69) is 5.48 Å². The first-order valence-electron chi connectivity index (χ1n) is 5.48. The standard InChI is InChI=1S/C13H19NO2/c1-13(2,3)16-14-12(15)10-9-11-7-5-4-6-8-11/h4-8H,9-10H2,1-3H3,(H,14,15). The maximum Gasteiger partial charge on any atom is 0.243 e. The van der Waals surface area contributed by atoms with Crippen molar-refractivity contribution in [1.82, 2.24) is 5.48 Å². The van der Waals surface area contributed by atoms with E-state index in [0.717, 1.165) is 12.0 Å². The zero-order valence-corrected chi connectivity index (χ0v) is 10.1. The number of nitrogens with one attached hydrogen (secondary N) is 1. The molecule has 3 nitrogen and oxygen atoms in total. The van der Waals surface area contributed by atoms with Gasteiger partial charge in [-0.25, -0.2) is 5.48 Å². The summed E-state index contributed by atoms with van der Waals surface area (Å²) >= 11 is 0. The molecular formula is C13H19NO2. The van der Waals surface area contributed by atoms with E-state index in [1.54, 1.807) is 0 Å². The molecule has 0 aliphatic carbocycles. The van der Waals surface area contributed by atoms with E-state index in [1.807, 2.05) is 51.1 Å². The second-order valence-corrected chi connectivity index (χ2v) is 4.73. The number of amides is 1. The molecule has 1 N–H and O–H groups in total. The first kappa shape index (κ1) is 12.7. The quantitative estimate of drug-likeness (QED) is 0.793. The summed E-state index contributed by atoms with van der Waals surface area (Å²) in [5, 5.41) is 0. The van der Waals surface area contributed by atoms with Crippen molar-refractivity contribution >= 4 is 5.91 Å². The highest BCUT2D eigenvalue weighted by atomic mass is 16.7. The Morgan fingerprint density at radius 2 is 1.88 bits per heavy atom. The zero-order valence-electron chi connectivity index (χ0n) is 10.1. The third kappa shape index (κ3) is 5.51. The van der Waals surface area contributed by atoms with Crippen LogP contribution >= 0.6 is 0 Å². The van der Waals surface area contributed by atoms with Gasteiger partial charge >= 0.3 is 0 Å². The van der Waals surface area contributed by atoms with Crippen LogP contribution in [0, 0.1) is 0 Å². The van der Waals surface area contributed by atoms with Crippen LogP contribution in [0.1, 0.15) is 32.8 Å². The highest BCUT2D eigenvalue weighted by molar-refractivity contribution is 5.75. The van der Waals surface area contributed by atoms with Crippen molar-refractivity contribution in [3.05, 3.63) is 35.9 Å². The van der Waals surface area contributed by atoms with Gasteiger partial charge in [-0.3, -0.25) is 9.63 Å². The molecule has 1 aromatic rings. The van der Waals surface area contributed by atoms with E-state index in [9.17, 15) is 4.79 Å². The molecule has 0 unspecified atom stereocenters. The molecule has 1 aromatic carbocycles. The summed E-state index contributed by atoms with van der Waals surface area (Å²) in [6, 6.07) is 9.93. The van der Waals surface area contributed by atoms with E-state index in [4.69, 9.17) is 4.84 Å². The van der Waals surface area contributed by atoms with Gasteiger partial charge in [0, 0.05) is 6.42 Å². The summed E-state index contributed by atoms with van der Waals surface area (Å²) in [6.45, 7) is 5.68. The summed E-state index contributed by atoms with van der Waals surface area (Å²) < 4.78 is 0. The Labute approximate surface area is 96.8 Å². The summed E-state index contributed by atoms with van der Waals surface area (Å²) in [7, 11) is 0. The Balaban J connectivity index is 2.26. The highest BCUT2D eigenvalue weighted by Crippen LogP contribution is 2.05. The maximum absolute atomic E-state index is 11.4. The van der Waals surface area contributed by atoms with Crippen LogP contribution in [0.5, 0.6) is 0 Å². The molecule has 0 radical (unpaired) electrons. The van der Waals surface area contributed by atoms with Crippen LogP contribution in [-0.4, -0.2) is 11.5 Å². The molecule has 0 aliphatic heterocycles. The monoisotopic (exact) mass is 221 g/mol. The van der Waals surface area contributed by atoms with Gasteiger partial charge in [-0.2, -0.15) is 0 Å². The molecular weight excluding hydrogens is 202 g/mol. The number of hydrogen-bond acceptors (Lipinski definition) is 2. The number of aryl methyl sites for hydroxylation is 1. The number of carbonyl (C=O) groups excluding carboxylic acids is 1. The molecule has 1 amide bonds. The SMILES string of the molecule is CC(C)(C)ONC(=O)CCc1ccccc1. The lowest BCUT2D eigenvalue weighted by molar-refractivity contribution is -0.145. The van der Waals surface area contributed by atoms with Crippen molar-refractivity contribution < 1.29 is 9.63 Å². The van der Waals surface area contributed by atoms with E-state index in [1.165, 1.54) is 0 Å². The van der Waals surface area contributed by atoms with Crippen LogP contribution in [0.2, 0.25) is 0 Å². The average molecular weight is 221 g/mol. The molecule has 0 spiro atoms. The second kappa shape index (κ2) is 5.66. The summed E-state index contributed by atoms with van der Waals surface area (Å²) in [5.41, 5.74) is 3.27. The number of hydroxylamine groups is 1. The third-order valence-corrected chi connectivity index (χ3v) is 1.95. The van der Waals surface area contributed by atoms with Gasteiger partial charge in [0.1, 0.15) is 0 Å². The highest BCUT2D eigenvalue weighted by Gasteiger charge is 2.12. The van der Waals surface area contributed by atoms with E-state index in [-0.39, 0.29) is 11.5 Å². The molecule has 3 heteroatoms. The number of benzene rings is 1. The van der Waals surface area contributed by atoms with Crippen molar-refractivity contribution in [3.8, 4) is 0 Å². The molecule has 0 atom stereocenters. The predicted molar refractivity (Wildman–Crippen MR) is 63.7 cm³/mol. The van der Waals surface area contributed by atoms with Crippen molar-refractivity contribution in [1.29, 1.82) is 0 Å². The van der Waals surface area contributed by atoms with Crippen molar-refractivity contribution in [3.63, 3.8) is 0 Å². The molecule has 16 heavy (non-hydrogen) atoms. The van der Waals surface area contributed by atoms with Gasteiger partial charge in [0.15, 0.2) is 0 Å². The van der Waals surface area contributed by atoms with E-state index >= 15 is 0 Å². The molecule has 0 saturated carbocycles. The van der Waals surface area contributed by atoms with E-state index in [0.29, 0.717) is 6.42 Å². The van der Waals surface area contributed by atoms with Gasteiger partial charge in [0.25, 0.3) is 0 Å². The topological polar surface area (TPSA) is 38.3 Å². The molecule has 0 aliphatic rings. The van der Waals surface area contributed by atoms with Crippen LogP contribution in [0.4, 0.5) is 0 Å². The first-order valence-corrected chi connectivity index (χ1v) is 5.48. The Hall–Kier alpha value is -1.35. The molecule has 0 aromatic heterocycles. The van der Waals surface area contributed by atoms with Crippen LogP contribution in [0.3, 0.4) is 0 Å². The predicted octanol–water partition coefficient (Wildman–Crippen LogP) is 2.47. The van der Waals surface area contributed by atoms with Crippen molar-refractivity contribution in [2.24, 2.45) is 0 Å². The Kier molecular flexibility index (Phi) is 4.50. The lowest BCUT2D eigenvalue weighted by Gasteiger charge is -2.18. The Morgan fingerprint density at radius 3 is 2.44 bits per heavy atom. The molecule has 0 heterocycles. The maximum atomic E-state index is 11.4. The Bertz CT molecular complexity index is 328. The molecule has 1 rings (SSSR count). The zero-order chi connectivity index (χ0) is 12.0. The van der Waals surface area contributed by atoms with Gasteiger partial charge in [0.05, 0.1) is 5.60 Å². The van der Waals surface area contributed by atoms with Crippen LogP contribution in [0.15, 0.2) is 30.3 Å². The van der Waals surface area contributed by atoms with E-state index < -0.39 is 0 Å². The lowest BCUT2D eigenvalue weighted by atomic mass is 10.1. The van der Waals surface area contributed by atoms with Gasteiger partial charge in [-0.05, 0) is 32.8 Å². The van der Waals surface area contributed by atoms with Crippen molar-refractivity contribution in [2.75, 3.05) is 0 Å². The van der Waals surface area contributed by atoms with Gasteiger partial charge in [-0.1, -0.05) is 30.3 Å². The minimum Gasteiger partial charge on any atom is -0.273 e. The normalized spacial score (nSPS) is 11.2. The van der Waals surface area contributed by atoms with Gasteiger partial charge in [-0.15, -0.1) is 0 Å². The summed E-state index contributed by atoms with van der Waals surface area (Å²) in [6.07, 6.45) is 1.18. The Morgan fingerprint density at radius 1 is 1.25 bits per heavy atom.